The average Bonchev–Trinajstić information content (AvgIpc) is 2.65. The number of nitrogens with one attached hydrogen (secondary N) is 1. The Labute approximate surface area is 118 Å². The van der Waals surface area contributed by atoms with Crippen molar-refractivity contribution in [2.75, 3.05) is 13.2 Å². The smallest absolute Gasteiger partial charge is 0.336 e. The van der Waals surface area contributed by atoms with Crippen LogP contribution < -0.4 is 0 Å². The molecule has 20 heavy (non-hydrogen) atoms. The van der Waals surface area contributed by atoms with Gasteiger partial charge in [0.25, 0.3) is 0 Å². The lowest BCUT2D eigenvalue weighted by Gasteiger charge is -2.33. The molecule has 7 heteroatoms. The lowest BCUT2D eigenvalue weighted by atomic mass is 9.97. The van der Waals surface area contributed by atoms with Crippen molar-refractivity contribution in [1.82, 2.24) is 4.98 Å². The zero-order valence-corrected chi connectivity index (χ0v) is 13.2. The quantitative estimate of drug-likeness (QED) is 0.684. The van der Waals surface area contributed by atoms with Crippen LogP contribution in [0.25, 0.3) is 0 Å². The Hall–Kier alpha value is -0.940. The van der Waals surface area contributed by atoms with Gasteiger partial charge in [-0.3, -0.25) is 9.36 Å². The molecule has 1 fully saturated rings. The molecule has 0 aromatic carbocycles. The number of rotatable bonds is 3. The summed E-state index contributed by atoms with van der Waals surface area (Å²) in [6.45, 7) is 8.18. The molecule has 2 rings (SSSR count). The molecule has 6 nitrogen and oxygen atoms in total. The SMILES string of the molecule is CC(=O)c1cc(CP2(=O)OCC(C)(C)CO2)[nH]c1C.O. The second-order valence-electron chi connectivity index (χ2n) is 5.87. The Morgan fingerprint density at radius 3 is 2.40 bits per heavy atom. The molecule has 1 aliphatic heterocycles. The lowest BCUT2D eigenvalue weighted by Crippen LogP contribution is -2.29. The second kappa shape index (κ2) is 5.82. The van der Waals surface area contributed by atoms with Crippen molar-refractivity contribution in [3.05, 3.63) is 23.0 Å². The summed E-state index contributed by atoms with van der Waals surface area (Å²) < 4.78 is 23.3. The number of H-pyrrole nitrogens is 1. The monoisotopic (exact) mass is 303 g/mol. The maximum atomic E-state index is 12.4. The predicted octanol–water partition coefficient (Wildman–Crippen LogP) is 2.47. The van der Waals surface area contributed by atoms with E-state index >= 15 is 0 Å². The van der Waals surface area contributed by atoms with Crippen LogP contribution in [0.1, 0.15) is 42.5 Å². The number of aromatic nitrogens is 1. The highest BCUT2D eigenvalue weighted by atomic mass is 31.2. The normalized spacial score (nSPS) is 20.2. The topological polar surface area (TPSA) is 99.9 Å². The molecule has 3 N–H and O–H groups in total. The minimum absolute atomic E-state index is 0. The van der Waals surface area contributed by atoms with Gasteiger partial charge in [-0.15, -0.1) is 0 Å². The predicted molar refractivity (Wildman–Crippen MR) is 76.1 cm³/mol. The molecule has 0 radical (unpaired) electrons. The average molecular weight is 303 g/mol. The molecule has 0 amide bonds. The molecule has 0 spiro atoms. The molecular weight excluding hydrogens is 281 g/mol. The van der Waals surface area contributed by atoms with Gasteiger partial charge in [0.05, 0.1) is 19.4 Å². The van der Waals surface area contributed by atoms with Crippen LogP contribution in [0.3, 0.4) is 0 Å². The summed E-state index contributed by atoms with van der Waals surface area (Å²) in [6, 6.07) is 1.73. The summed E-state index contributed by atoms with van der Waals surface area (Å²) in [5.74, 6) is -0.00936. The van der Waals surface area contributed by atoms with Crippen LogP contribution in [0.5, 0.6) is 0 Å². The number of hydrogen-bond acceptors (Lipinski definition) is 4. The second-order valence-corrected chi connectivity index (χ2v) is 7.92. The molecule has 1 aliphatic rings. The van der Waals surface area contributed by atoms with E-state index in [1.165, 1.54) is 6.92 Å². The first-order valence-corrected chi connectivity index (χ1v) is 8.01. The summed E-state index contributed by atoms with van der Waals surface area (Å²) >= 11 is 0. The molecule has 0 aliphatic carbocycles. The standard InChI is InChI=1S/C13H20NO4P.H2O/c1-9-12(10(2)15)5-11(14-9)6-19(16)17-7-13(3,4)8-18-19;/h5,14H,6-8H2,1-4H3;1H2. The molecule has 0 unspecified atom stereocenters. The van der Waals surface area contributed by atoms with E-state index in [0.717, 1.165) is 5.69 Å². The van der Waals surface area contributed by atoms with Gasteiger partial charge in [-0.25, -0.2) is 0 Å². The molecule has 2 heterocycles. The van der Waals surface area contributed by atoms with Gasteiger partial charge in [0.2, 0.25) is 0 Å². The summed E-state index contributed by atoms with van der Waals surface area (Å²) in [6.07, 6.45) is 0.178. The number of carbonyl (C=O) groups is 1. The highest BCUT2D eigenvalue weighted by Gasteiger charge is 2.37. The summed E-state index contributed by atoms with van der Waals surface area (Å²) in [5.41, 5.74) is 2.01. The van der Waals surface area contributed by atoms with Crippen molar-refractivity contribution in [3.8, 4) is 0 Å². The van der Waals surface area contributed by atoms with Crippen molar-refractivity contribution in [2.24, 2.45) is 5.41 Å². The Kier molecular flexibility index (Phi) is 4.98. The van der Waals surface area contributed by atoms with E-state index < -0.39 is 7.60 Å². The van der Waals surface area contributed by atoms with E-state index in [2.05, 4.69) is 4.98 Å². The van der Waals surface area contributed by atoms with Crippen molar-refractivity contribution in [3.63, 3.8) is 0 Å². The van der Waals surface area contributed by atoms with E-state index in [9.17, 15) is 9.36 Å². The van der Waals surface area contributed by atoms with E-state index in [1.807, 2.05) is 20.8 Å². The maximum Gasteiger partial charge on any atom is 0.336 e. The van der Waals surface area contributed by atoms with Crippen molar-refractivity contribution in [2.45, 2.75) is 33.9 Å². The number of Topliss-reactive ketones (excluding diaryl/α,β-unsaturated/α-hetero) is 1. The first-order chi connectivity index (χ1) is 8.71. The third kappa shape index (κ3) is 3.79. The number of aromatic amines is 1. The fourth-order valence-electron chi connectivity index (χ4n) is 2.00. The molecule has 1 aromatic heterocycles. The van der Waals surface area contributed by atoms with Crippen LogP contribution in [0.15, 0.2) is 6.07 Å². The van der Waals surface area contributed by atoms with Gasteiger partial charge >= 0.3 is 7.60 Å². The molecule has 1 aromatic rings. The molecule has 0 bridgehead atoms. The molecule has 0 saturated carbocycles. The van der Waals surface area contributed by atoms with Gasteiger partial charge < -0.3 is 19.5 Å². The number of hydrogen-bond donors (Lipinski definition) is 1. The summed E-state index contributed by atoms with van der Waals surface area (Å²) in [7, 11) is -3.09. The first kappa shape index (κ1) is 17.1. The van der Waals surface area contributed by atoms with Gasteiger partial charge in [-0.05, 0) is 19.9 Å². The van der Waals surface area contributed by atoms with Crippen LogP contribution in [0.2, 0.25) is 0 Å². The largest absolute Gasteiger partial charge is 0.412 e. The number of ketones is 1. The summed E-state index contributed by atoms with van der Waals surface area (Å²) in [4.78, 5) is 14.5. The van der Waals surface area contributed by atoms with E-state index in [0.29, 0.717) is 24.5 Å². The van der Waals surface area contributed by atoms with Crippen LogP contribution in [-0.4, -0.2) is 29.5 Å². The Morgan fingerprint density at radius 2 is 1.95 bits per heavy atom. The Balaban J connectivity index is 0.00000200. The van der Waals surface area contributed by atoms with E-state index in [1.54, 1.807) is 6.07 Å². The van der Waals surface area contributed by atoms with Crippen molar-refractivity contribution < 1.29 is 23.9 Å². The molecule has 1 saturated heterocycles. The van der Waals surface area contributed by atoms with Gasteiger partial charge in [-0.1, -0.05) is 13.8 Å². The third-order valence-corrected chi connectivity index (χ3v) is 4.89. The number of aryl methyl sites for hydroxylation is 1. The van der Waals surface area contributed by atoms with Gasteiger partial charge in [-0.2, -0.15) is 0 Å². The van der Waals surface area contributed by atoms with E-state index in [4.69, 9.17) is 9.05 Å². The van der Waals surface area contributed by atoms with Crippen molar-refractivity contribution >= 4 is 13.4 Å². The fraction of sp³-hybridized carbons (Fsp3) is 0.615. The zero-order chi connectivity index (χ0) is 14.3. The van der Waals surface area contributed by atoms with Crippen LogP contribution >= 0.6 is 7.60 Å². The van der Waals surface area contributed by atoms with Gasteiger partial charge in [0.1, 0.15) is 0 Å². The minimum atomic E-state index is -3.09. The third-order valence-electron chi connectivity index (χ3n) is 3.12. The zero-order valence-electron chi connectivity index (χ0n) is 12.3. The van der Waals surface area contributed by atoms with Crippen molar-refractivity contribution in [1.29, 1.82) is 0 Å². The Morgan fingerprint density at radius 1 is 1.40 bits per heavy atom. The van der Waals surface area contributed by atoms with Gasteiger partial charge in [0.15, 0.2) is 5.78 Å². The number of carbonyl (C=O) groups excluding carboxylic acids is 1. The van der Waals surface area contributed by atoms with Crippen LogP contribution in [0.4, 0.5) is 0 Å². The molecular formula is C13H22NO5P. The lowest BCUT2D eigenvalue weighted by molar-refractivity contribution is 0.0408. The first-order valence-electron chi connectivity index (χ1n) is 6.28. The highest BCUT2D eigenvalue weighted by molar-refractivity contribution is 7.53. The Bertz CT molecular complexity index is 535. The fourth-order valence-corrected chi connectivity index (χ4v) is 3.94. The highest BCUT2D eigenvalue weighted by Crippen LogP contribution is 2.56. The summed E-state index contributed by atoms with van der Waals surface area (Å²) in [5, 5.41) is 0. The molecule has 0 atom stereocenters. The van der Waals surface area contributed by atoms with E-state index in [-0.39, 0.29) is 22.8 Å². The molecule has 114 valence electrons. The minimum Gasteiger partial charge on any atom is -0.412 e. The van der Waals surface area contributed by atoms with Crippen LogP contribution in [-0.2, 0) is 19.8 Å². The van der Waals surface area contributed by atoms with Gasteiger partial charge in [0, 0.05) is 22.4 Å². The maximum absolute atomic E-state index is 12.4. The van der Waals surface area contributed by atoms with Crippen LogP contribution in [0, 0.1) is 12.3 Å².